The van der Waals surface area contributed by atoms with Gasteiger partial charge in [-0.05, 0) is 59.0 Å². The summed E-state index contributed by atoms with van der Waals surface area (Å²) >= 11 is 3.72. The Hall–Kier alpha value is -0.110. The molecule has 24 heavy (non-hydrogen) atoms. The average Bonchev–Trinajstić information content (AvgIpc) is 2.63. The van der Waals surface area contributed by atoms with Crippen LogP contribution < -0.4 is 10.0 Å². The lowest BCUT2D eigenvalue weighted by Crippen LogP contribution is -2.27. The molecular formula is C20H30BrO2P. The molecule has 0 aliphatic heterocycles. The van der Waals surface area contributed by atoms with E-state index in [0.717, 1.165) is 21.5 Å². The second kappa shape index (κ2) is 9.55. The molecule has 0 N–H and O–H groups in total. The molecule has 1 aromatic rings. The summed E-state index contributed by atoms with van der Waals surface area (Å²) in [5.41, 5.74) is 1.77. The van der Waals surface area contributed by atoms with Gasteiger partial charge in [-0.15, -0.1) is 0 Å². The smallest absolute Gasteiger partial charge is 0.188 e. The van der Waals surface area contributed by atoms with Gasteiger partial charge in [0.1, 0.15) is 5.75 Å². The van der Waals surface area contributed by atoms with E-state index >= 15 is 0 Å². The van der Waals surface area contributed by atoms with Gasteiger partial charge < -0.3 is 9.47 Å². The highest BCUT2D eigenvalue weighted by molar-refractivity contribution is 9.10. The van der Waals surface area contributed by atoms with Crippen LogP contribution >= 0.6 is 23.9 Å². The average molecular weight is 413 g/mol. The van der Waals surface area contributed by atoms with Crippen molar-refractivity contribution in [1.82, 2.24) is 0 Å². The highest BCUT2D eigenvalue weighted by atomic mass is 79.9. The molecule has 2 aliphatic rings. The normalized spacial score (nSPS) is 20.5. The number of ether oxygens (including phenoxy) is 2. The SMILES string of the molecule is COCOc1c(Br)cccc1P(C1CCCCC1)C1CCCCC1. The zero-order chi connectivity index (χ0) is 16.8. The summed E-state index contributed by atoms with van der Waals surface area (Å²) in [6.07, 6.45) is 14.2. The van der Waals surface area contributed by atoms with Gasteiger partial charge in [-0.3, -0.25) is 0 Å². The number of para-hydroxylation sites is 1. The van der Waals surface area contributed by atoms with Crippen molar-refractivity contribution >= 4 is 29.2 Å². The Labute approximate surface area is 156 Å². The van der Waals surface area contributed by atoms with E-state index in [4.69, 9.17) is 9.47 Å². The van der Waals surface area contributed by atoms with Gasteiger partial charge in [0.15, 0.2) is 6.79 Å². The van der Waals surface area contributed by atoms with Crippen molar-refractivity contribution in [2.75, 3.05) is 13.9 Å². The lowest BCUT2D eigenvalue weighted by Gasteiger charge is -2.39. The molecule has 134 valence electrons. The minimum atomic E-state index is -0.156. The van der Waals surface area contributed by atoms with E-state index < -0.39 is 0 Å². The van der Waals surface area contributed by atoms with Crippen LogP contribution in [0.1, 0.15) is 64.2 Å². The number of methoxy groups -OCH3 is 1. The van der Waals surface area contributed by atoms with Crippen LogP contribution in [0.3, 0.4) is 0 Å². The van der Waals surface area contributed by atoms with Crippen molar-refractivity contribution in [3.05, 3.63) is 22.7 Å². The van der Waals surface area contributed by atoms with Gasteiger partial charge in [0.2, 0.25) is 0 Å². The van der Waals surface area contributed by atoms with Gasteiger partial charge in [0.25, 0.3) is 0 Å². The Morgan fingerprint density at radius 2 is 1.54 bits per heavy atom. The monoisotopic (exact) mass is 412 g/mol. The maximum atomic E-state index is 6.03. The van der Waals surface area contributed by atoms with E-state index in [9.17, 15) is 0 Å². The minimum Gasteiger partial charge on any atom is -0.466 e. The first-order valence-corrected chi connectivity index (χ1v) is 11.8. The van der Waals surface area contributed by atoms with Gasteiger partial charge in [0, 0.05) is 12.4 Å². The Kier molecular flexibility index (Phi) is 7.43. The molecule has 0 aromatic heterocycles. The third-order valence-corrected chi connectivity index (χ3v) is 9.62. The van der Waals surface area contributed by atoms with Crippen molar-refractivity contribution < 1.29 is 9.47 Å². The van der Waals surface area contributed by atoms with Crippen LogP contribution in [-0.2, 0) is 4.74 Å². The predicted octanol–water partition coefficient (Wildman–Crippen LogP) is 6.20. The van der Waals surface area contributed by atoms with Crippen LogP contribution in [0.15, 0.2) is 22.7 Å². The molecule has 0 saturated heterocycles. The van der Waals surface area contributed by atoms with E-state index in [2.05, 4.69) is 34.1 Å². The quantitative estimate of drug-likeness (QED) is 0.408. The van der Waals surface area contributed by atoms with Crippen molar-refractivity contribution in [2.24, 2.45) is 0 Å². The maximum absolute atomic E-state index is 6.03. The molecule has 0 spiro atoms. The molecule has 2 fully saturated rings. The molecule has 3 rings (SSSR count). The summed E-state index contributed by atoms with van der Waals surface area (Å²) in [7, 11) is 1.54. The molecular weight excluding hydrogens is 383 g/mol. The Morgan fingerprint density at radius 3 is 2.08 bits per heavy atom. The van der Waals surface area contributed by atoms with E-state index in [1.54, 1.807) is 7.11 Å². The Morgan fingerprint density at radius 1 is 0.958 bits per heavy atom. The summed E-state index contributed by atoms with van der Waals surface area (Å²) in [6.45, 7) is 0.327. The topological polar surface area (TPSA) is 18.5 Å². The summed E-state index contributed by atoms with van der Waals surface area (Å²) < 4.78 is 12.3. The number of halogens is 1. The molecule has 0 heterocycles. The number of benzene rings is 1. The molecule has 0 atom stereocenters. The van der Waals surface area contributed by atoms with E-state index in [-0.39, 0.29) is 7.92 Å². The summed E-state index contributed by atoms with van der Waals surface area (Å²) in [4.78, 5) is 0. The summed E-state index contributed by atoms with van der Waals surface area (Å²) in [5.74, 6) is 1.04. The molecule has 0 bridgehead atoms. The van der Waals surface area contributed by atoms with Gasteiger partial charge in [0.05, 0.1) is 4.47 Å². The predicted molar refractivity (Wildman–Crippen MR) is 107 cm³/mol. The fraction of sp³-hybridized carbons (Fsp3) is 0.700. The molecule has 1 aromatic carbocycles. The molecule has 4 heteroatoms. The standard InChI is InChI=1S/C20H30BrO2P/c1-22-15-23-20-18(21)13-8-14-19(20)24(16-9-4-2-5-10-16)17-11-6-3-7-12-17/h8,13-14,16-17H,2-7,9-12,15H2,1H3. The minimum absolute atomic E-state index is 0.156. The largest absolute Gasteiger partial charge is 0.466 e. The van der Waals surface area contributed by atoms with Crippen molar-refractivity contribution in [3.63, 3.8) is 0 Å². The first-order valence-electron chi connectivity index (χ1n) is 9.50. The third kappa shape index (κ3) is 4.54. The third-order valence-electron chi connectivity index (χ3n) is 5.48. The highest BCUT2D eigenvalue weighted by Gasteiger charge is 2.34. The molecule has 2 nitrogen and oxygen atoms in total. The fourth-order valence-corrected chi connectivity index (χ4v) is 8.91. The molecule has 0 unspecified atom stereocenters. The van der Waals surface area contributed by atoms with Gasteiger partial charge >= 0.3 is 0 Å². The Balaban J connectivity index is 1.93. The van der Waals surface area contributed by atoms with Crippen LogP contribution in [0.2, 0.25) is 0 Å². The number of rotatable bonds is 6. The van der Waals surface area contributed by atoms with E-state index in [0.29, 0.717) is 6.79 Å². The van der Waals surface area contributed by atoms with Crippen molar-refractivity contribution in [3.8, 4) is 5.75 Å². The van der Waals surface area contributed by atoms with Crippen LogP contribution in [-0.4, -0.2) is 25.2 Å². The zero-order valence-corrected chi connectivity index (χ0v) is 17.3. The fourth-order valence-electron chi connectivity index (χ4n) is 4.37. The second-order valence-electron chi connectivity index (χ2n) is 7.13. The molecule has 0 radical (unpaired) electrons. The number of hydrogen-bond donors (Lipinski definition) is 0. The Bertz CT molecular complexity index is 492. The van der Waals surface area contributed by atoms with Crippen molar-refractivity contribution in [1.29, 1.82) is 0 Å². The first-order chi connectivity index (χ1) is 11.8. The second-order valence-corrected chi connectivity index (χ2v) is 10.7. The highest BCUT2D eigenvalue weighted by Crippen LogP contribution is 2.56. The van der Waals surface area contributed by atoms with Gasteiger partial charge in [-0.2, -0.15) is 0 Å². The zero-order valence-electron chi connectivity index (χ0n) is 14.8. The van der Waals surface area contributed by atoms with Gasteiger partial charge in [-0.1, -0.05) is 58.6 Å². The lowest BCUT2D eigenvalue weighted by atomic mass is 9.99. The number of hydrogen-bond acceptors (Lipinski definition) is 2. The van der Waals surface area contributed by atoms with Gasteiger partial charge in [-0.25, -0.2) is 0 Å². The van der Waals surface area contributed by atoms with Crippen LogP contribution in [0.4, 0.5) is 0 Å². The van der Waals surface area contributed by atoms with Crippen molar-refractivity contribution in [2.45, 2.75) is 75.5 Å². The molecule has 2 saturated carbocycles. The first kappa shape index (κ1) is 18.7. The summed E-state index contributed by atoms with van der Waals surface area (Å²) in [5, 5.41) is 1.48. The van der Waals surface area contributed by atoms with Crippen LogP contribution in [0, 0.1) is 0 Å². The summed E-state index contributed by atoms with van der Waals surface area (Å²) in [6, 6.07) is 6.63. The van der Waals surface area contributed by atoms with Crippen LogP contribution in [0.5, 0.6) is 5.75 Å². The van der Waals surface area contributed by atoms with E-state index in [1.165, 1.54) is 69.5 Å². The van der Waals surface area contributed by atoms with E-state index in [1.807, 2.05) is 0 Å². The lowest BCUT2D eigenvalue weighted by molar-refractivity contribution is 0.0513. The molecule has 2 aliphatic carbocycles. The maximum Gasteiger partial charge on any atom is 0.188 e. The van der Waals surface area contributed by atoms with Crippen LogP contribution in [0.25, 0.3) is 0 Å². The molecule has 0 amide bonds.